The Hall–Kier alpha value is -0.870. The first-order chi connectivity index (χ1) is 9.11. The lowest BCUT2D eigenvalue weighted by atomic mass is 10.1. The Kier molecular flexibility index (Phi) is 4.99. The molecule has 0 aromatic heterocycles. The molecule has 0 bridgehead atoms. The number of anilines is 1. The Morgan fingerprint density at radius 1 is 1.26 bits per heavy atom. The van der Waals surface area contributed by atoms with Crippen molar-refractivity contribution < 1.29 is 4.79 Å². The van der Waals surface area contributed by atoms with E-state index in [2.05, 4.69) is 38.7 Å². The molecular weight excluding hydrogens is 304 g/mol. The second-order valence-electron chi connectivity index (χ2n) is 5.05. The minimum absolute atomic E-state index is 0.137. The van der Waals surface area contributed by atoms with E-state index in [-0.39, 0.29) is 5.78 Å². The maximum Gasteiger partial charge on any atom is 0.161 e. The van der Waals surface area contributed by atoms with Crippen LogP contribution in [0.25, 0.3) is 0 Å². The number of nitrogens with zero attached hydrogens (tertiary/aromatic N) is 2. The predicted molar refractivity (Wildman–Crippen MR) is 83.1 cm³/mol. The van der Waals surface area contributed by atoms with Gasteiger partial charge in [-0.15, -0.1) is 0 Å². The number of carbonyl (C=O) groups excluding carboxylic acids is 1. The normalized spacial score (nSPS) is 16.7. The second-order valence-corrected chi connectivity index (χ2v) is 5.96. The predicted octanol–water partition coefficient (Wildman–Crippen LogP) is 3.18. The van der Waals surface area contributed by atoms with E-state index in [0.717, 1.165) is 41.9 Å². The van der Waals surface area contributed by atoms with Crippen LogP contribution >= 0.6 is 15.9 Å². The molecule has 0 saturated carbocycles. The van der Waals surface area contributed by atoms with Crippen molar-refractivity contribution in [1.29, 1.82) is 0 Å². The summed E-state index contributed by atoms with van der Waals surface area (Å²) in [4.78, 5) is 16.5. The zero-order chi connectivity index (χ0) is 13.8. The maximum atomic E-state index is 11.7. The summed E-state index contributed by atoms with van der Waals surface area (Å²) in [6, 6.07) is 5.92. The molecule has 0 N–H and O–H groups in total. The third-order valence-electron chi connectivity index (χ3n) is 3.59. The highest BCUT2D eigenvalue weighted by Crippen LogP contribution is 2.26. The largest absolute Gasteiger partial charge is 0.368 e. The molecule has 0 atom stereocenters. The molecule has 1 aliphatic rings. The number of carbonyl (C=O) groups is 1. The Morgan fingerprint density at radius 2 is 1.95 bits per heavy atom. The molecule has 0 amide bonds. The van der Waals surface area contributed by atoms with Gasteiger partial charge in [0.2, 0.25) is 0 Å². The van der Waals surface area contributed by atoms with Gasteiger partial charge in [0, 0.05) is 41.9 Å². The number of halogens is 1. The first-order valence-electron chi connectivity index (χ1n) is 6.89. The zero-order valence-electron chi connectivity index (χ0n) is 11.7. The van der Waals surface area contributed by atoms with Gasteiger partial charge < -0.3 is 4.90 Å². The lowest BCUT2D eigenvalue weighted by molar-refractivity contribution is 0.101. The molecule has 1 fully saturated rings. The zero-order valence-corrected chi connectivity index (χ0v) is 13.2. The van der Waals surface area contributed by atoms with Crippen LogP contribution in [0.2, 0.25) is 0 Å². The monoisotopic (exact) mass is 324 g/mol. The van der Waals surface area contributed by atoms with E-state index in [1.165, 1.54) is 13.0 Å². The van der Waals surface area contributed by atoms with Gasteiger partial charge in [0.1, 0.15) is 0 Å². The van der Waals surface area contributed by atoms with E-state index >= 15 is 0 Å². The lowest BCUT2D eigenvalue weighted by Gasteiger charge is -2.36. The van der Waals surface area contributed by atoms with Crippen LogP contribution in [0.1, 0.15) is 30.6 Å². The summed E-state index contributed by atoms with van der Waals surface area (Å²) in [5, 5.41) is 0. The van der Waals surface area contributed by atoms with Crippen molar-refractivity contribution in [3.63, 3.8) is 0 Å². The van der Waals surface area contributed by atoms with Gasteiger partial charge in [0.05, 0.1) is 0 Å². The van der Waals surface area contributed by atoms with Crippen LogP contribution in [-0.4, -0.2) is 43.4 Å². The number of benzene rings is 1. The summed E-state index contributed by atoms with van der Waals surface area (Å²) >= 11 is 3.50. The van der Waals surface area contributed by atoms with Crippen LogP contribution in [0, 0.1) is 0 Å². The molecule has 0 radical (unpaired) electrons. The van der Waals surface area contributed by atoms with E-state index in [9.17, 15) is 4.79 Å². The summed E-state index contributed by atoms with van der Waals surface area (Å²) in [5.41, 5.74) is 1.89. The van der Waals surface area contributed by atoms with Crippen molar-refractivity contribution in [3.8, 4) is 0 Å². The summed E-state index contributed by atoms with van der Waals surface area (Å²) in [6.45, 7) is 9.18. The number of piperazine rings is 1. The molecule has 3 nitrogen and oxygen atoms in total. The number of hydrogen-bond acceptors (Lipinski definition) is 3. The Balaban J connectivity index is 2.14. The molecule has 1 aromatic carbocycles. The lowest BCUT2D eigenvalue weighted by Crippen LogP contribution is -2.46. The van der Waals surface area contributed by atoms with E-state index in [0.29, 0.717) is 0 Å². The molecule has 4 heteroatoms. The smallest absolute Gasteiger partial charge is 0.161 e. The van der Waals surface area contributed by atoms with E-state index in [1.807, 2.05) is 12.1 Å². The second kappa shape index (κ2) is 6.53. The van der Waals surface area contributed by atoms with Crippen LogP contribution in [0.4, 0.5) is 5.69 Å². The minimum atomic E-state index is 0.137. The van der Waals surface area contributed by atoms with Crippen LogP contribution in [-0.2, 0) is 0 Å². The van der Waals surface area contributed by atoms with Crippen molar-refractivity contribution in [2.45, 2.75) is 20.3 Å². The molecule has 1 heterocycles. The standard InChI is InChI=1S/C15H21BrN2O/c1-3-6-17-7-9-18(10-8-17)15-11-13(16)4-5-14(15)12(2)19/h4-5,11H,3,6-10H2,1-2H3. The summed E-state index contributed by atoms with van der Waals surface area (Å²) in [7, 11) is 0. The van der Waals surface area contributed by atoms with Crippen LogP contribution in [0.15, 0.2) is 22.7 Å². The van der Waals surface area contributed by atoms with E-state index < -0.39 is 0 Å². The third-order valence-corrected chi connectivity index (χ3v) is 4.09. The Bertz CT molecular complexity index is 453. The van der Waals surface area contributed by atoms with Crippen molar-refractivity contribution in [3.05, 3.63) is 28.2 Å². The molecule has 1 aromatic rings. The molecule has 0 aliphatic carbocycles. The van der Waals surface area contributed by atoms with Crippen molar-refractivity contribution in [1.82, 2.24) is 4.90 Å². The maximum absolute atomic E-state index is 11.7. The number of rotatable bonds is 4. The van der Waals surface area contributed by atoms with Crippen LogP contribution < -0.4 is 4.90 Å². The van der Waals surface area contributed by atoms with Crippen molar-refractivity contribution >= 4 is 27.4 Å². The summed E-state index contributed by atoms with van der Waals surface area (Å²) in [6.07, 6.45) is 1.20. The SMILES string of the molecule is CCCN1CCN(c2cc(Br)ccc2C(C)=O)CC1. The highest BCUT2D eigenvalue weighted by Gasteiger charge is 2.20. The molecule has 0 spiro atoms. The fourth-order valence-electron chi connectivity index (χ4n) is 2.59. The van der Waals surface area contributed by atoms with E-state index in [1.54, 1.807) is 6.92 Å². The molecular formula is C15H21BrN2O. The van der Waals surface area contributed by atoms with Gasteiger partial charge in [-0.1, -0.05) is 22.9 Å². The molecule has 19 heavy (non-hydrogen) atoms. The van der Waals surface area contributed by atoms with Crippen LogP contribution in [0.3, 0.4) is 0 Å². The number of Topliss-reactive ketones (excluding diaryl/α,β-unsaturated/α-hetero) is 1. The fourth-order valence-corrected chi connectivity index (χ4v) is 2.94. The molecule has 1 aliphatic heterocycles. The summed E-state index contributed by atoms with van der Waals surface area (Å²) in [5.74, 6) is 0.137. The molecule has 0 unspecified atom stereocenters. The first kappa shape index (κ1) is 14.5. The average Bonchev–Trinajstić information content (AvgIpc) is 2.39. The van der Waals surface area contributed by atoms with Gasteiger partial charge in [0.25, 0.3) is 0 Å². The average molecular weight is 325 g/mol. The Labute approximate surface area is 123 Å². The number of hydrogen-bond donors (Lipinski definition) is 0. The minimum Gasteiger partial charge on any atom is -0.368 e. The Morgan fingerprint density at radius 3 is 2.53 bits per heavy atom. The first-order valence-corrected chi connectivity index (χ1v) is 7.69. The number of ketones is 1. The van der Waals surface area contributed by atoms with Gasteiger partial charge in [-0.05, 0) is 38.1 Å². The molecule has 104 valence electrons. The van der Waals surface area contributed by atoms with Crippen molar-refractivity contribution in [2.24, 2.45) is 0 Å². The quantitative estimate of drug-likeness (QED) is 0.795. The molecule has 1 saturated heterocycles. The van der Waals surface area contributed by atoms with Crippen molar-refractivity contribution in [2.75, 3.05) is 37.6 Å². The van der Waals surface area contributed by atoms with Crippen LogP contribution in [0.5, 0.6) is 0 Å². The molecule has 2 rings (SSSR count). The fraction of sp³-hybridized carbons (Fsp3) is 0.533. The van der Waals surface area contributed by atoms with Gasteiger partial charge in [-0.2, -0.15) is 0 Å². The van der Waals surface area contributed by atoms with E-state index in [4.69, 9.17) is 0 Å². The highest BCUT2D eigenvalue weighted by molar-refractivity contribution is 9.10. The van der Waals surface area contributed by atoms with Gasteiger partial charge >= 0.3 is 0 Å². The topological polar surface area (TPSA) is 23.6 Å². The highest BCUT2D eigenvalue weighted by atomic mass is 79.9. The summed E-state index contributed by atoms with van der Waals surface area (Å²) < 4.78 is 1.03. The van der Waals surface area contributed by atoms with Gasteiger partial charge in [-0.3, -0.25) is 9.69 Å². The van der Waals surface area contributed by atoms with Gasteiger partial charge in [0.15, 0.2) is 5.78 Å². The van der Waals surface area contributed by atoms with Gasteiger partial charge in [-0.25, -0.2) is 0 Å². The third kappa shape index (κ3) is 3.57.